The van der Waals surface area contributed by atoms with Gasteiger partial charge in [-0.3, -0.25) is 4.90 Å². The van der Waals surface area contributed by atoms with Crippen LogP contribution in [0.15, 0.2) is 0 Å². The Morgan fingerprint density at radius 3 is 2.60 bits per heavy atom. The minimum Gasteiger partial charge on any atom is -0.381 e. The molecule has 10 heavy (non-hydrogen) atoms. The summed E-state index contributed by atoms with van der Waals surface area (Å²) in [6.07, 6.45) is 0.852. The van der Waals surface area contributed by atoms with E-state index in [1.807, 2.05) is 18.7 Å². The van der Waals surface area contributed by atoms with E-state index < -0.39 is 0 Å². The molecule has 0 unspecified atom stereocenters. The summed E-state index contributed by atoms with van der Waals surface area (Å²) in [4.78, 5) is 1.93. The molecule has 0 saturated heterocycles. The van der Waals surface area contributed by atoms with Crippen LogP contribution < -0.4 is 0 Å². The van der Waals surface area contributed by atoms with E-state index in [4.69, 9.17) is 5.11 Å². The highest BCUT2D eigenvalue weighted by Gasteiger charge is 1.95. The minimum atomic E-state index is 0.141. The SMILES string of the molecule is CC#CCCN(CC)CO. The van der Waals surface area contributed by atoms with E-state index in [9.17, 15) is 0 Å². The molecule has 0 spiro atoms. The lowest BCUT2D eigenvalue weighted by molar-refractivity contribution is 0.115. The second kappa shape index (κ2) is 6.60. The van der Waals surface area contributed by atoms with Gasteiger partial charge in [-0.25, -0.2) is 0 Å². The number of nitrogens with zero attached hydrogens (tertiary/aromatic N) is 1. The highest BCUT2D eigenvalue weighted by Crippen LogP contribution is 1.86. The quantitative estimate of drug-likeness (QED) is 0.459. The lowest BCUT2D eigenvalue weighted by Crippen LogP contribution is -2.25. The molecule has 0 rings (SSSR count). The van der Waals surface area contributed by atoms with Crippen LogP contribution >= 0.6 is 0 Å². The molecule has 0 aliphatic rings. The minimum absolute atomic E-state index is 0.141. The second-order valence-corrected chi connectivity index (χ2v) is 2.03. The van der Waals surface area contributed by atoms with Gasteiger partial charge in [-0.15, -0.1) is 11.8 Å². The Morgan fingerprint density at radius 2 is 2.20 bits per heavy atom. The maximum atomic E-state index is 8.70. The van der Waals surface area contributed by atoms with Crippen molar-refractivity contribution in [2.24, 2.45) is 0 Å². The van der Waals surface area contributed by atoms with Gasteiger partial charge >= 0.3 is 0 Å². The van der Waals surface area contributed by atoms with Gasteiger partial charge in [0.05, 0.1) is 6.73 Å². The van der Waals surface area contributed by atoms with E-state index in [-0.39, 0.29) is 6.73 Å². The van der Waals surface area contributed by atoms with E-state index in [0.29, 0.717) is 0 Å². The first-order chi connectivity index (χ1) is 4.85. The Labute approximate surface area is 62.8 Å². The molecule has 0 aromatic heterocycles. The van der Waals surface area contributed by atoms with Crippen molar-refractivity contribution in [2.45, 2.75) is 20.3 Å². The molecule has 58 valence electrons. The zero-order valence-electron chi connectivity index (χ0n) is 6.72. The summed E-state index contributed by atoms with van der Waals surface area (Å²) in [7, 11) is 0. The van der Waals surface area contributed by atoms with E-state index in [1.165, 1.54) is 0 Å². The molecule has 0 atom stereocenters. The van der Waals surface area contributed by atoms with Crippen LogP contribution in [0.25, 0.3) is 0 Å². The molecule has 0 aromatic carbocycles. The fourth-order valence-electron chi connectivity index (χ4n) is 0.668. The summed E-state index contributed by atoms with van der Waals surface area (Å²) in [6.45, 7) is 5.75. The maximum absolute atomic E-state index is 8.70. The van der Waals surface area contributed by atoms with Gasteiger partial charge in [0.1, 0.15) is 0 Å². The van der Waals surface area contributed by atoms with Crippen molar-refractivity contribution in [3.05, 3.63) is 0 Å². The van der Waals surface area contributed by atoms with E-state index in [1.54, 1.807) is 0 Å². The molecule has 0 bridgehead atoms. The second-order valence-electron chi connectivity index (χ2n) is 2.03. The number of aliphatic hydroxyl groups is 1. The summed E-state index contributed by atoms with van der Waals surface area (Å²) in [5, 5.41) is 8.70. The zero-order valence-corrected chi connectivity index (χ0v) is 6.72. The van der Waals surface area contributed by atoms with Crippen LogP contribution in [0.4, 0.5) is 0 Å². The van der Waals surface area contributed by atoms with Gasteiger partial charge in [-0.05, 0) is 13.5 Å². The lowest BCUT2D eigenvalue weighted by Gasteiger charge is -2.14. The Morgan fingerprint density at radius 1 is 1.50 bits per heavy atom. The number of hydrogen-bond acceptors (Lipinski definition) is 2. The molecule has 0 aliphatic heterocycles. The van der Waals surface area contributed by atoms with Crippen molar-refractivity contribution >= 4 is 0 Å². The van der Waals surface area contributed by atoms with Crippen molar-refractivity contribution in [3.8, 4) is 11.8 Å². The third-order valence-electron chi connectivity index (χ3n) is 1.38. The molecule has 1 N–H and O–H groups in total. The first kappa shape index (κ1) is 9.48. The fraction of sp³-hybridized carbons (Fsp3) is 0.750. The Kier molecular flexibility index (Phi) is 6.25. The Hall–Kier alpha value is -0.520. The molecular weight excluding hydrogens is 126 g/mol. The van der Waals surface area contributed by atoms with Crippen LogP contribution in [-0.2, 0) is 0 Å². The van der Waals surface area contributed by atoms with Crippen LogP contribution in [0.3, 0.4) is 0 Å². The van der Waals surface area contributed by atoms with E-state index in [0.717, 1.165) is 19.5 Å². The number of aliphatic hydroxyl groups excluding tert-OH is 1. The lowest BCUT2D eigenvalue weighted by atomic mass is 10.4. The summed E-state index contributed by atoms with van der Waals surface area (Å²) in [5.41, 5.74) is 0. The third-order valence-corrected chi connectivity index (χ3v) is 1.38. The van der Waals surface area contributed by atoms with Gasteiger partial charge in [0, 0.05) is 13.0 Å². The topological polar surface area (TPSA) is 23.5 Å². The maximum Gasteiger partial charge on any atom is 0.0956 e. The molecule has 0 heterocycles. The van der Waals surface area contributed by atoms with Crippen LogP contribution in [0.2, 0.25) is 0 Å². The zero-order chi connectivity index (χ0) is 7.82. The molecule has 0 radical (unpaired) electrons. The van der Waals surface area contributed by atoms with Crippen molar-refractivity contribution < 1.29 is 5.11 Å². The third kappa shape index (κ3) is 4.37. The van der Waals surface area contributed by atoms with E-state index >= 15 is 0 Å². The average molecular weight is 141 g/mol. The Bertz CT molecular complexity index is 119. The van der Waals surface area contributed by atoms with Crippen molar-refractivity contribution in [1.82, 2.24) is 4.90 Å². The van der Waals surface area contributed by atoms with Gasteiger partial charge < -0.3 is 5.11 Å². The van der Waals surface area contributed by atoms with Gasteiger partial charge in [-0.1, -0.05) is 6.92 Å². The summed E-state index contributed by atoms with van der Waals surface area (Å²) in [6, 6.07) is 0. The summed E-state index contributed by atoms with van der Waals surface area (Å²) >= 11 is 0. The van der Waals surface area contributed by atoms with Crippen LogP contribution in [0, 0.1) is 11.8 Å². The predicted octanol–water partition coefficient (Wildman–Crippen LogP) is 0.671. The molecule has 2 heteroatoms. The predicted molar refractivity (Wildman–Crippen MR) is 42.4 cm³/mol. The molecular formula is C8H15NO. The van der Waals surface area contributed by atoms with Gasteiger partial charge in [0.15, 0.2) is 0 Å². The highest BCUT2D eigenvalue weighted by atomic mass is 16.3. The van der Waals surface area contributed by atoms with Crippen molar-refractivity contribution in [2.75, 3.05) is 19.8 Å². The van der Waals surface area contributed by atoms with Gasteiger partial charge in [0.25, 0.3) is 0 Å². The molecule has 0 fully saturated rings. The monoisotopic (exact) mass is 141 g/mol. The largest absolute Gasteiger partial charge is 0.381 e. The number of hydrogen-bond donors (Lipinski definition) is 1. The highest BCUT2D eigenvalue weighted by molar-refractivity contribution is 4.95. The normalized spacial score (nSPS) is 9.20. The average Bonchev–Trinajstić information content (AvgIpc) is 1.99. The number of rotatable bonds is 4. The molecule has 0 amide bonds. The molecule has 0 aromatic rings. The van der Waals surface area contributed by atoms with Gasteiger partial charge in [0.2, 0.25) is 0 Å². The van der Waals surface area contributed by atoms with Crippen molar-refractivity contribution in [1.29, 1.82) is 0 Å². The molecule has 0 aliphatic carbocycles. The molecule has 0 saturated carbocycles. The van der Waals surface area contributed by atoms with Crippen LogP contribution in [0.1, 0.15) is 20.3 Å². The Balaban J connectivity index is 3.31. The molecule has 2 nitrogen and oxygen atoms in total. The summed E-state index contributed by atoms with van der Waals surface area (Å²) < 4.78 is 0. The van der Waals surface area contributed by atoms with Crippen molar-refractivity contribution in [3.63, 3.8) is 0 Å². The van der Waals surface area contributed by atoms with Crippen LogP contribution in [0.5, 0.6) is 0 Å². The van der Waals surface area contributed by atoms with E-state index in [2.05, 4.69) is 11.8 Å². The first-order valence-corrected chi connectivity index (χ1v) is 3.58. The first-order valence-electron chi connectivity index (χ1n) is 3.58. The fourth-order valence-corrected chi connectivity index (χ4v) is 0.668. The summed E-state index contributed by atoms with van der Waals surface area (Å²) in [5.74, 6) is 5.76. The smallest absolute Gasteiger partial charge is 0.0956 e. The van der Waals surface area contributed by atoms with Crippen LogP contribution in [-0.4, -0.2) is 29.8 Å². The standard InChI is InChI=1S/C8H15NO/c1-3-5-6-7-9(4-2)8-10/h10H,4,6-8H2,1-2H3. The van der Waals surface area contributed by atoms with Gasteiger partial charge in [-0.2, -0.15) is 0 Å².